The lowest BCUT2D eigenvalue weighted by molar-refractivity contribution is -0.141. The van der Waals surface area contributed by atoms with Gasteiger partial charge in [0.05, 0.1) is 5.92 Å². The summed E-state index contributed by atoms with van der Waals surface area (Å²) >= 11 is 0. The Morgan fingerprint density at radius 3 is 2.25 bits per heavy atom. The lowest BCUT2D eigenvalue weighted by atomic mass is 9.81. The van der Waals surface area contributed by atoms with Gasteiger partial charge in [-0.05, 0) is 18.4 Å². The molecule has 1 aromatic carbocycles. The third-order valence-corrected chi connectivity index (χ3v) is 5.92. The minimum Gasteiger partial charge on any atom is -0.369 e. The Labute approximate surface area is 144 Å². The Hall–Kier alpha value is -1.84. The van der Waals surface area contributed by atoms with E-state index in [2.05, 4.69) is 6.92 Å². The van der Waals surface area contributed by atoms with Crippen LogP contribution in [0.4, 0.5) is 0 Å². The van der Waals surface area contributed by atoms with Gasteiger partial charge in [-0.1, -0.05) is 62.9 Å². The zero-order chi connectivity index (χ0) is 17.2. The second-order valence-corrected chi connectivity index (χ2v) is 7.71. The molecule has 0 radical (unpaired) electrons. The molecule has 1 saturated carbocycles. The largest absolute Gasteiger partial charge is 0.369 e. The van der Waals surface area contributed by atoms with Gasteiger partial charge in [0.1, 0.15) is 0 Å². The quantitative estimate of drug-likeness (QED) is 0.867. The number of primary amides is 1. The fourth-order valence-corrected chi connectivity index (χ4v) is 4.40. The number of nitrogens with zero attached hydrogens (tertiary/aromatic N) is 1. The molecule has 0 spiro atoms. The Morgan fingerprint density at radius 2 is 1.67 bits per heavy atom. The van der Waals surface area contributed by atoms with E-state index in [1.54, 1.807) is 0 Å². The van der Waals surface area contributed by atoms with Gasteiger partial charge in [0, 0.05) is 24.4 Å². The van der Waals surface area contributed by atoms with Crippen molar-refractivity contribution in [2.45, 2.75) is 51.4 Å². The summed E-state index contributed by atoms with van der Waals surface area (Å²) in [6, 6.07) is 9.98. The normalized spacial score (nSPS) is 26.8. The third-order valence-electron chi connectivity index (χ3n) is 5.92. The maximum atomic E-state index is 13.2. The summed E-state index contributed by atoms with van der Waals surface area (Å²) in [5, 5.41) is 0. The van der Waals surface area contributed by atoms with E-state index in [0.717, 1.165) is 31.2 Å². The number of benzene rings is 1. The van der Waals surface area contributed by atoms with Gasteiger partial charge in [-0.3, -0.25) is 9.59 Å². The van der Waals surface area contributed by atoms with Crippen molar-refractivity contribution in [3.05, 3.63) is 35.9 Å². The van der Waals surface area contributed by atoms with E-state index in [-0.39, 0.29) is 29.1 Å². The molecule has 1 heterocycles. The molecule has 1 saturated heterocycles. The van der Waals surface area contributed by atoms with Gasteiger partial charge < -0.3 is 10.6 Å². The van der Waals surface area contributed by atoms with Crippen LogP contribution in [-0.2, 0) is 9.59 Å². The van der Waals surface area contributed by atoms with Crippen molar-refractivity contribution in [3.8, 4) is 0 Å². The lowest BCUT2D eigenvalue weighted by Gasteiger charge is -2.32. The van der Waals surface area contributed by atoms with Gasteiger partial charge in [0.15, 0.2) is 0 Å². The number of hydrogen-bond donors (Lipinski definition) is 1. The van der Waals surface area contributed by atoms with Gasteiger partial charge in [-0.25, -0.2) is 0 Å². The van der Waals surface area contributed by atoms with Crippen molar-refractivity contribution in [2.24, 2.45) is 17.1 Å². The van der Waals surface area contributed by atoms with Crippen LogP contribution in [0.3, 0.4) is 0 Å². The number of rotatable bonds is 3. The first-order valence-corrected chi connectivity index (χ1v) is 9.15. The van der Waals surface area contributed by atoms with Crippen molar-refractivity contribution in [3.63, 3.8) is 0 Å². The second kappa shape index (κ2) is 6.96. The van der Waals surface area contributed by atoms with Crippen LogP contribution in [0.25, 0.3) is 0 Å². The molecule has 1 aliphatic heterocycles. The van der Waals surface area contributed by atoms with Crippen molar-refractivity contribution >= 4 is 11.8 Å². The molecule has 130 valence electrons. The van der Waals surface area contributed by atoms with Crippen LogP contribution in [0, 0.1) is 11.3 Å². The van der Waals surface area contributed by atoms with Gasteiger partial charge in [0.25, 0.3) is 0 Å². The fraction of sp³-hybridized carbons (Fsp3) is 0.600. The fourth-order valence-electron chi connectivity index (χ4n) is 4.40. The van der Waals surface area contributed by atoms with Crippen LogP contribution in [0.15, 0.2) is 30.3 Å². The summed E-state index contributed by atoms with van der Waals surface area (Å²) in [4.78, 5) is 27.0. The van der Waals surface area contributed by atoms with E-state index in [0.29, 0.717) is 13.1 Å². The first-order chi connectivity index (χ1) is 11.5. The van der Waals surface area contributed by atoms with Crippen molar-refractivity contribution in [1.29, 1.82) is 0 Å². The average molecular weight is 328 g/mol. The highest BCUT2D eigenvalue weighted by Gasteiger charge is 2.44. The predicted octanol–water partition coefficient (Wildman–Crippen LogP) is 3.07. The molecule has 3 rings (SSSR count). The van der Waals surface area contributed by atoms with E-state index >= 15 is 0 Å². The summed E-state index contributed by atoms with van der Waals surface area (Å²) in [5.74, 6) is -0.355. The molecule has 2 atom stereocenters. The Balaban J connectivity index is 1.80. The highest BCUT2D eigenvalue weighted by molar-refractivity contribution is 5.85. The summed E-state index contributed by atoms with van der Waals surface area (Å²) in [7, 11) is 0. The maximum Gasteiger partial charge on any atom is 0.228 e. The van der Waals surface area contributed by atoms with Crippen LogP contribution < -0.4 is 5.73 Å². The molecule has 0 aromatic heterocycles. The minimum atomic E-state index is -0.301. The molecule has 4 heteroatoms. The Morgan fingerprint density at radius 1 is 1.04 bits per heavy atom. The predicted molar refractivity (Wildman–Crippen MR) is 94.3 cm³/mol. The first-order valence-electron chi connectivity index (χ1n) is 9.15. The zero-order valence-corrected chi connectivity index (χ0v) is 14.5. The van der Waals surface area contributed by atoms with Crippen molar-refractivity contribution in [2.75, 3.05) is 13.1 Å². The van der Waals surface area contributed by atoms with E-state index in [4.69, 9.17) is 5.73 Å². The molecule has 24 heavy (non-hydrogen) atoms. The number of likely N-dealkylation sites (tertiary alicyclic amines) is 1. The van der Waals surface area contributed by atoms with Crippen LogP contribution in [0.2, 0.25) is 0 Å². The van der Waals surface area contributed by atoms with Crippen LogP contribution in [0.1, 0.15) is 56.9 Å². The molecule has 4 nitrogen and oxygen atoms in total. The smallest absolute Gasteiger partial charge is 0.228 e. The molecule has 0 bridgehead atoms. The Bertz CT molecular complexity index is 591. The highest BCUT2D eigenvalue weighted by Crippen LogP contribution is 2.40. The summed E-state index contributed by atoms with van der Waals surface area (Å²) in [6.07, 6.45) is 6.60. The Kier molecular flexibility index (Phi) is 4.93. The lowest BCUT2D eigenvalue weighted by Crippen LogP contribution is -2.41. The van der Waals surface area contributed by atoms with Gasteiger partial charge in [-0.15, -0.1) is 0 Å². The summed E-state index contributed by atoms with van der Waals surface area (Å²) < 4.78 is 0. The van der Waals surface area contributed by atoms with Crippen molar-refractivity contribution in [1.82, 2.24) is 4.90 Å². The number of carbonyl (C=O) groups excluding carboxylic acids is 2. The number of carbonyl (C=O) groups is 2. The van der Waals surface area contributed by atoms with E-state index in [1.807, 2.05) is 35.2 Å². The monoisotopic (exact) mass is 328 g/mol. The van der Waals surface area contributed by atoms with Crippen LogP contribution in [-0.4, -0.2) is 29.8 Å². The molecule has 0 unspecified atom stereocenters. The van der Waals surface area contributed by atoms with Crippen molar-refractivity contribution < 1.29 is 9.59 Å². The maximum absolute atomic E-state index is 13.2. The SMILES string of the molecule is CC1(C(=O)N2C[C@H](C(N)=O)[C@@H](c3ccccc3)C2)CCCCCC1. The van der Waals surface area contributed by atoms with E-state index in [9.17, 15) is 9.59 Å². The molecule has 2 amide bonds. The molecule has 2 fully saturated rings. The molecule has 1 aliphatic carbocycles. The van der Waals surface area contributed by atoms with Gasteiger partial charge in [-0.2, -0.15) is 0 Å². The molecule has 2 N–H and O–H groups in total. The average Bonchev–Trinajstić information content (AvgIpc) is 2.92. The third kappa shape index (κ3) is 3.33. The zero-order valence-electron chi connectivity index (χ0n) is 14.5. The van der Waals surface area contributed by atoms with Gasteiger partial charge >= 0.3 is 0 Å². The molecular formula is C20H28N2O2. The number of nitrogens with two attached hydrogens (primary N) is 1. The number of hydrogen-bond acceptors (Lipinski definition) is 2. The van der Waals surface area contributed by atoms with Crippen LogP contribution in [0.5, 0.6) is 0 Å². The second-order valence-electron chi connectivity index (χ2n) is 7.71. The van der Waals surface area contributed by atoms with Gasteiger partial charge in [0.2, 0.25) is 11.8 Å². The molecule has 1 aromatic rings. The highest BCUT2D eigenvalue weighted by atomic mass is 16.2. The first kappa shape index (κ1) is 17.0. The van der Waals surface area contributed by atoms with E-state index in [1.165, 1.54) is 12.8 Å². The summed E-state index contributed by atoms with van der Waals surface area (Å²) in [5.41, 5.74) is 6.47. The number of amides is 2. The molecular weight excluding hydrogens is 300 g/mol. The van der Waals surface area contributed by atoms with E-state index < -0.39 is 0 Å². The van der Waals surface area contributed by atoms with Crippen LogP contribution >= 0.6 is 0 Å². The standard InChI is InChI=1S/C20H28N2O2/c1-20(11-7-2-3-8-12-20)19(24)22-13-16(17(14-22)18(21)23)15-9-5-4-6-10-15/h4-6,9-10,16-17H,2-3,7-8,11-14H2,1H3,(H2,21,23)/t16-,17+/m1/s1. The minimum absolute atomic E-state index is 0.0158. The summed E-state index contributed by atoms with van der Waals surface area (Å²) in [6.45, 7) is 3.17. The molecule has 2 aliphatic rings. The topological polar surface area (TPSA) is 63.4 Å².